The predicted octanol–water partition coefficient (Wildman–Crippen LogP) is -0.621. The Labute approximate surface area is 75.0 Å². The zero-order chi connectivity index (χ0) is 0. The van der Waals surface area contributed by atoms with Crippen molar-refractivity contribution < 1.29 is 27.4 Å². The van der Waals surface area contributed by atoms with E-state index in [9.17, 15) is 0 Å². The Kier molecular flexibility index (Phi) is 190. The molecule has 0 aliphatic heterocycles. The summed E-state index contributed by atoms with van der Waals surface area (Å²) in [6.45, 7) is 0. The summed E-state index contributed by atoms with van der Waals surface area (Å²) in [6.07, 6.45) is 0. The molecule has 0 rings (SSSR count). The summed E-state index contributed by atoms with van der Waals surface area (Å²) in [5.41, 5.74) is 0. The molecule has 0 bridgehead atoms. The average Bonchev–Trinajstić information content (AvgIpc) is 0. The summed E-state index contributed by atoms with van der Waals surface area (Å²) in [5.74, 6) is 0. The zero-order valence-electron chi connectivity index (χ0n) is 1.84. The Morgan fingerprint density at radius 3 is 0.750 bits per heavy atom. The second-order valence-electron chi connectivity index (χ2n) is 0. The minimum absolute atomic E-state index is 0. The van der Waals surface area contributed by atoms with Gasteiger partial charge in [0.25, 0.3) is 0 Å². The van der Waals surface area contributed by atoms with Gasteiger partial charge in [0.15, 0.2) is 0 Å². The van der Waals surface area contributed by atoms with Crippen LogP contribution in [0.5, 0.6) is 0 Å². The SMILES string of the molecule is [Ba+2].[Ni+2].[O-2].[O-2]. The van der Waals surface area contributed by atoms with Crippen molar-refractivity contribution in [1.82, 2.24) is 0 Å². The van der Waals surface area contributed by atoms with Crippen LogP contribution in [0.2, 0.25) is 0 Å². The van der Waals surface area contributed by atoms with Crippen LogP contribution in [0.1, 0.15) is 0 Å². The van der Waals surface area contributed by atoms with Gasteiger partial charge < -0.3 is 11.0 Å². The molecule has 0 heterocycles. The van der Waals surface area contributed by atoms with Crippen LogP contribution in [-0.2, 0) is 27.4 Å². The van der Waals surface area contributed by atoms with E-state index in [1.54, 1.807) is 0 Å². The van der Waals surface area contributed by atoms with Gasteiger partial charge in [-0.1, -0.05) is 0 Å². The van der Waals surface area contributed by atoms with Crippen LogP contribution in [0.3, 0.4) is 0 Å². The van der Waals surface area contributed by atoms with E-state index in [1.165, 1.54) is 0 Å². The quantitative estimate of drug-likeness (QED) is 0.496. The largest absolute Gasteiger partial charge is 2.00 e. The maximum Gasteiger partial charge on any atom is 2.00 e. The molecule has 0 aromatic carbocycles. The Morgan fingerprint density at radius 2 is 0.750 bits per heavy atom. The van der Waals surface area contributed by atoms with Crippen LogP contribution < -0.4 is 0 Å². The smallest absolute Gasteiger partial charge is 2.00 e. The van der Waals surface area contributed by atoms with Crippen LogP contribution in [0.25, 0.3) is 0 Å². The molecule has 0 aliphatic carbocycles. The van der Waals surface area contributed by atoms with Crippen molar-refractivity contribution >= 4 is 48.9 Å². The van der Waals surface area contributed by atoms with Gasteiger partial charge in [-0.15, -0.1) is 0 Å². The summed E-state index contributed by atoms with van der Waals surface area (Å²) in [5, 5.41) is 0. The summed E-state index contributed by atoms with van der Waals surface area (Å²) in [7, 11) is 0. The molecule has 0 amide bonds. The van der Waals surface area contributed by atoms with Gasteiger partial charge in [0.05, 0.1) is 0 Å². The second kappa shape index (κ2) is 20.1. The molecule has 0 fully saturated rings. The zero-order valence-corrected chi connectivity index (χ0v) is 7.27. The molecule has 0 saturated carbocycles. The Hall–Kier alpha value is 1.98. The van der Waals surface area contributed by atoms with Crippen molar-refractivity contribution in [2.24, 2.45) is 0 Å². The molecule has 0 aromatic heterocycles. The van der Waals surface area contributed by atoms with Gasteiger partial charge in [0.1, 0.15) is 0 Å². The summed E-state index contributed by atoms with van der Waals surface area (Å²) in [6, 6.07) is 0. The Bertz CT molecular complexity index is 6.00. The van der Waals surface area contributed by atoms with E-state index in [0.717, 1.165) is 0 Å². The van der Waals surface area contributed by atoms with Crippen molar-refractivity contribution in [3.63, 3.8) is 0 Å². The predicted molar refractivity (Wildman–Crippen MR) is 7.13 cm³/mol. The first-order chi connectivity index (χ1) is 0. The van der Waals surface area contributed by atoms with Crippen molar-refractivity contribution in [2.75, 3.05) is 0 Å². The van der Waals surface area contributed by atoms with E-state index in [1.807, 2.05) is 0 Å². The first-order valence-corrected chi connectivity index (χ1v) is 0. The molecule has 0 N–H and O–H groups in total. The summed E-state index contributed by atoms with van der Waals surface area (Å²) < 4.78 is 0. The molecule has 0 radical (unpaired) electrons. The van der Waals surface area contributed by atoms with Crippen molar-refractivity contribution in [3.05, 3.63) is 0 Å². The van der Waals surface area contributed by atoms with Crippen LogP contribution in [0.15, 0.2) is 0 Å². The Balaban J connectivity index is 0. The van der Waals surface area contributed by atoms with E-state index in [0.29, 0.717) is 0 Å². The van der Waals surface area contributed by atoms with Crippen molar-refractivity contribution in [1.29, 1.82) is 0 Å². The van der Waals surface area contributed by atoms with E-state index >= 15 is 0 Å². The number of hydrogen-bond acceptors (Lipinski definition) is 0. The van der Waals surface area contributed by atoms with Crippen LogP contribution >= 0.6 is 0 Å². The van der Waals surface area contributed by atoms with Gasteiger partial charge >= 0.3 is 65.4 Å². The molecule has 0 aromatic rings. The molecule has 2 nitrogen and oxygen atoms in total. The minimum Gasteiger partial charge on any atom is -2.00 e. The van der Waals surface area contributed by atoms with Gasteiger partial charge in [0, 0.05) is 0 Å². The van der Waals surface area contributed by atoms with Gasteiger partial charge in [-0.05, 0) is 0 Å². The van der Waals surface area contributed by atoms with Gasteiger partial charge in [-0.3, -0.25) is 0 Å². The summed E-state index contributed by atoms with van der Waals surface area (Å²) in [4.78, 5) is 0. The van der Waals surface area contributed by atoms with E-state index < -0.39 is 0 Å². The molecule has 24 valence electrons. The third kappa shape index (κ3) is 9.01. The topological polar surface area (TPSA) is 57.0 Å². The van der Waals surface area contributed by atoms with Crippen molar-refractivity contribution in [2.45, 2.75) is 0 Å². The van der Waals surface area contributed by atoms with E-state index in [4.69, 9.17) is 0 Å². The maximum absolute atomic E-state index is 0. The minimum atomic E-state index is 0. The molecule has 0 atom stereocenters. The van der Waals surface area contributed by atoms with Crippen LogP contribution in [0.4, 0.5) is 0 Å². The fourth-order valence-corrected chi connectivity index (χ4v) is 0. The van der Waals surface area contributed by atoms with Gasteiger partial charge in [-0.2, -0.15) is 0 Å². The van der Waals surface area contributed by atoms with Gasteiger partial charge in [-0.25, -0.2) is 0 Å². The number of rotatable bonds is 0. The Morgan fingerprint density at radius 1 is 0.750 bits per heavy atom. The van der Waals surface area contributed by atoms with Gasteiger partial charge in [0.2, 0.25) is 0 Å². The first-order valence-electron chi connectivity index (χ1n) is 0. The normalized spacial score (nSPS) is 0. The molecule has 4 heavy (non-hydrogen) atoms. The van der Waals surface area contributed by atoms with Crippen molar-refractivity contribution in [3.8, 4) is 0 Å². The molecule has 0 saturated heterocycles. The molecule has 0 spiro atoms. The summed E-state index contributed by atoms with van der Waals surface area (Å²) >= 11 is 0. The fraction of sp³-hybridized carbons (Fsp3) is 0. The molecule has 0 unspecified atom stereocenters. The molecule has 0 aliphatic rings. The third-order valence-corrected chi connectivity index (χ3v) is 0. The molecular weight excluding hydrogens is 228 g/mol. The standard InChI is InChI=1S/Ba.Ni.2O/q2*+2;2*-2. The fourth-order valence-electron chi connectivity index (χ4n) is 0. The van der Waals surface area contributed by atoms with E-state index in [2.05, 4.69) is 0 Å². The maximum atomic E-state index is 0. The first kappa shape index (κ1) is 37.7. The third-order valence-electron chi connectivity index (χ3n) is 0. The number of hydrogen-bond donors (Lipinski definition) is 0. The monoisotopic (exact) mass is 228 g/mol. The molecule has 4 heteroatoms. The van der Waals surface area contributed by atoms with Crippen LogP contribution in [0, 0.1) is 0 Å². The van der Waals surface area contributed by atoms with E-state index in [-0.39, 0.29) is 76.3 Å². The molecular formula is BaNiO2. The second-order valence-corrected chi connectivity index (χ2v) is 0. The van der Waals surface area contributed by atoms with Crippen LogP contribution in [-0.4, -0.2) is 48.9 Å². The average molecular weight is 228 g/mol.